The minimum Gasteiger partial charge on any atom is -0.251 e. The SMILES string of the molecule is CCCCCCCCCC(CCCCCCCC)(CCCCCCCC)[P+](O)(CC)CC. The van der Waals surface area contributed by atoms with Crippen molar-refractivity contribution in [3.8, 4) is 0 Å². The maximum atomic E-state index is 12.0. The van der Waals surface area contributed by atoms with Crippen LogP contribution in [0.5, 0.6) is 0 Å². The molecule has 2 heteroatoms. The molecule has 0 aromatic rings. The van der Waals surface area contributed by atoms with Crippen molar-refractivity contribution in [2.24, 2.45) is 0 Å². The predicted molar refractivity (Wildman–Crippen MR) is 152 cm³/mol. The van der Waals surface area contributed by atoms with E-state index in [1.54, 1.807) is 0 Å². The minimum absolute atomic E-state index is 0.259. The lowest BCUT2D eigenvalue weighted by Gasteiger charge is -2.41. The number of rotatable bonds is 25. The zero-order chi connectivity index (χ0) is 24.0. The predicted octanol–water partition coefficient (Wildman–Crippen LogP) is 11.3. The first-order valence-corrected chi connectivity index (χ1v) is 17.3. The van der Waals surface area contributed by atoms with Gasteiger partial charge in [-0.2, -0.15) is 0 Å². The highest BCUT2D eigenvalue weighted by Gasteiger charge is 2.53. The van der Waals surface area contributed by atoms with Gasteiger partial charge in [-0.15, -0.1) is 0 Å². The van der Waals surface area contributed by atoms with Crippen LogP contribution in [0, 0.1) is 0 Å². The van der Waals surface area contributed by atoms with Gasteiger partial charge in [-0.05, 0) is 52.4 Å². The van der Waals surface area contributed by atoms with Gasteiger partial charge in [0.1, 0.15) is 12.6 Å². The van der Waals surface area contributed by atoms with Crippen LogP contribution in [0.2, 0.25) is 0 Å². The molecule has 0 amide bonds. The van der Waals surface area contributed by atoms with Crippen molar-refractivity contribution >= 4 is 7.49 Å². The molecule has 1 N–H and O–H groups in total. The molecule has 0 aliphatic carbocycles. The Hall–Kier alpha value is 0.390. The van der Waals surface area contributed by atoms with E-state index < -0.39 is 7.49 Å². The minimum atomic E-state index is -1.86. The van der Waals surface area contributed by atoms with Gasteiger partial charge in [-0.3, -0.25) is 4.89 Å². The van der Waals surface area contributed by atoms with Crippen molar-refractivity contribution in [2.75, 3.05) is 12.3 Å². The lowest BCUT2D eigenvalue weighted by molar-refractivity contribution is 0.365. The van der Waals surface area contributed by atoms with Gasteiger partial charge in [0.25, 0.3) is 0 Å². The maximum Gasteiger partial charge on any atom is 0.147 e. The Kier molecular flexibility index (Phi) is 22.2. The molecule has 0 radical (unpaired) electrons. The first-order chi connectivity index (χ1) is 15.6. The summed E-state index contributed by atoms with van der Waals surface area (Å²) in [5.74, 6) is 0. The highest BCUT2D eigenvalue weighted by Crippen LogP contribution is 2.70. The van der Waals surface area contributed by atoms with Crippen LogP contribution in [-0.2, 0) is 0 Å². The summed E-state index contributed by atoms with van der Waals surface area (Å²) in [5.41, 5.74) is 0. The smallest absolute Gasteiger partial charge is 0.147 e. The third-order valence-corrected chi connectivity index (χ3v) is 12.7. The Morgan fingerprint density at radius 1 is 0.406 bits per heavy atom. The van der Waals surface area contributed by atoms with Crippen LogP contribution >= 0.6 is 7.49 Å². The molecule has 0 unspecified atom stereocenters. The molecular weight excluding hydrogens is 407 g/mol. The molecule has 0 atom stereocenters. The second-order valence-corrected chi connectivity index (χ2v) is 14.7. The van der Waals surface area contributed by atoms with Crippen molar-refractivity contribution in [1.29, 1.82) is 0 Å². The maximum absolute atomic E-state index is 12.0. The van der Waals surface area contributed by atoms with E-state index in [1.165, 1.54) is 141 Å². The monoisotopic (exact) mass is 471 g/mol. The normalized spacial score (nSPS) is 12.6. The Bertz CT molecular complexity index is 361. The molecule has 0 heterocycles. The number of hydrogen-bond acceptors (Lipinski definition) is 1. The van der Waals surface area contributed by atoms with E-state index in [1.807, 2.05) is 0 Å². The van der Waals surface area contributed by atoms with Crippen LogP contribution in [0.25, 0.3) is 0 Å². The van der Waals surface area contributed by atoms with Crippen LogP contribution in [-0.4, -0.2) is 22.4 Å². The molecule has 0 saturated carbocycles. The van der Waals surface area contributed by atoms with Crippen molar-refractivity contribution in [3.05, 3.63) is 0 Å². The molecule has 0 aromatic carbocycles. The zero-order valence-electron chi connectivity index (χ0n) is 23.4. The summed E-state index contributed by atoms with van der Waals surface area (Å²) in [6.45, 7) is 11.5. The van der Waals surface area contributed by atoms with E-state index in [9.17, 15) is 4.89 Å². The molecule has 194 valence electrons. The average molecular weight is 472 g/mol. The second kappa shape index (κ2) is 21.9. The molecule has 0 aromatic heterocycles. The van der Waals surface area contributed by atoms with E-state index in [0.29, 0.717) is 0 Å². The molecular formula is C30H64OP+. The van der Waals surface area contributed by atoms with Crippen LogP contribution in [0.1, 0.15) is 176 Å². The fraction of sp³-hybridized carbons (Fsp3) is 1.00. The van der Waals surface area contributed by atoms with Crippen molar-refractivity contribution in [2.45, 2.75) is 181 Å². The van der Waals surface area contributed by atoms with E-state index in [4.69, 9.17) is 0 Å². The summed E-state index contributed by atoms with van der Waals surface area (Å²) < 4.78 is 0. The fourth-order valence-electron chi connectivity index (χ4n) is 5.77. The van der Waals surface area contributed by atoms with Crippen LogP contribution in [0.15, 0.2) is 0 Å². The molecule has 32 heavy (non-hydrogen) atoms. The van der Waals surface area contributed by atoms with E-state index in [0.717, 1.165) is 12.3 Å². The molecule has 0 saturated heterocycles. The Morgan fingerprint density at radius 3 is 0.906 bits per heavy atom. The molecule has 0 spiro atoms. The van der Waals surface area contributed by atoms with Crippen LogP contribution < -0.4 is 0 Å². The fourth-order valence-corrected chi connectivity index (χ4v) is 9.29. The van der Waals surface area contributed by atoms with E-state index in [2.05, 4.69) is 34.6 Å². The summed E-state index contributed by atoms with van der Waals surface area (Å²) in [4.78, 5) is 12.0. The van der Waals surface area contributed by atoms with E-state index >= 15 is 0 Å². The summed E-state index contributed by atoms with van der Waals surface area (Å²) in [5, 5.41) is 0.259. The van der Waals surface area contributed by atoms with Crippen molar-refractivity contribution in [3.63, 3.8) is 0 Å². The summed E-state index contributed by atoms with van der Waals surface area (Å²) in [6.07, 6.45) is 32.2. The van der Waals surface area contributed by atoms with Gasteiger partial charge in [0, 0.05) is 0 Å². The van der Waals surface area contributed by atoms with Crippen molar-refractivity contribution < 1.29 is 4.89 Å². The average Bonchev–Trinajstić information content (AvgIpc) is 2.81. The van der Waals surface area contributed by atoms with Crippen LogP contribution in [0.3, 0.4) is 0 Å². The quantitative estimate of drug-likeness (QED) is 0.104. The molecule has 0 bridgehead atoms. The van der Waals surface area contributed by atoms with Gasteiger partial charge in [0.2, 0.25) is 0 Å². The first-order valence-electron chi connectivity index (χ1n) is 15.2. The Labute approximate surface area is 205 Å². The molecule has 0 aliphatic heterocycles. The van der Waals surface area contributed by atoms with Gasteiger partial charge in [0.15, 0.2) is 0 Å². The second-order valence-electron chi connectivity index (χ2n) is 10.7. The summed E-state index contributed by atoms with van der Waals surface area (Å²) in [6, 6.07) is 0. The van der Waals surface area contributed by atoms with Gasteiger partial charge < -0.3 is 0 Å². The molecule has 0 fully saturated rings. The topological polar surface area (TPSA) is 20.2 Å². The van der Waals surface area contributed by atoms with E-state index in [-0.39, 0.29) is 5.16 Å². The van der Waals surface area contributed by atoms with Gasteiger partial charge in [-0.1, -0.05) is 124 Å². The van der Waals surface area contributed by atoms with Gasteiger partial charge in [0.05, 0.1) is 12.3 Å². The number of hydrogen-bond donors (Lipinski definition) is 1. The Balaban J connectivity index is 5.01. The van der Waals surface area contributed by atoms with Crippen LogP contribution in [0.4, 0.5) is 0 Å². The third-order valence-electron chi connectivity index (χ3n) is 8.17. The largest absolute Gasteiger partial charge is 0.251 e. The van der Waals surface area contributed by atoms with Gasteiger partial charge in [-0.25, -0.2) is 0 Å². The molecule has 0 aliphatic rings. The van der Waals surface area contributed by atoms with Crippen molar-refractivity contribution in [1.82, 2.24) is 0 Å². The lowest BCUT2D eigenvalue weighted by Crippen LogP contribution is -2.35. The van der Waals surface area contributed by atoms with Gasteiger partial charge >= 0.3 is 0 Å². The summed E-state index contributed by atoms with van der Waals surface area (Å²) in [7, 11) is -1.86. The zero-order valence-corrected chi connectivity index (χ0v) is 24.3. The molecule has 1 nitrogen and oxygen atoms in total. The summed E-state index contributed by atoms with van der Waals surface area (Å²) >= 11 is 0. The number of unbranched alkanes of at least 4 members (excludes halogenated alkanes) is 16. The lowest BCUT2D eigenvalue weighted by atomic mass is 9.88. The standard InChI is InChI=1S/C30H64OP/c1-6-11-14-17-20-23-26-29-30(32(31,9-4)10-5,27-24-21-18-15-12-7-2)28-25-22-19-16-13-8-3/h31H,6-29H2,1-5H3/q+1. The Morgan fingerprint density at radius 2 is 0.656 bits per heavy atom. The highest BCUT2D eigenvalue weighted by atomic mass is 31.2. The molecule has 0 rings (SSSR count). The third kappa shape index (κ3) is 13.9. The first kappa shape index (κ1) is 32.4. The highest BCUT2D eigenvalue weighted by molar-refractivity contribution is 7.71.